The molecule has 1 aliphatic heterocycles. The molecule has 1 atom stereocenters. The SMILES string of the molecule is CCNC(=NCC1CCN(c2ccc(Br)cc2)C1)NCC1CC1. The predicted molar refractivity (Wildman–Crippen MR) is 101 cm³/mol. The van der Waals surface area contributed by atoms with Gasteiger partial charge < -0.3 is 15.5 Å². The zero-order valence-corrected chi connectivity index (χ0v) is 15.5. The topological polar surface area (TPSA) is 39.7 Å². The molecule has 1 aromatic carbocycles. The summed E-state index contributed by atoms with van der Waals surface area (Å²) in [7, 11) is 0. The quantitative estimate of drug-likeness (QED) is 0.589. The maximum Gasteiger partial charge on any atom is 0.191 e. The van der Waals surface area contributed by atoms with Gasteiger partial charge in [0, 0.05) is 42.9 Å². The van der Waals surface area contributed by atoms with Gasteiger partial charge in [-0.2, -0.15) is 0 Å². The van der Waals surface area contributed by atoms with E-state index in [1.165, 1.54) is 24.9 Å². The summed E-state index contributed by atoms with van der Waals surface area (Å²) in [5.41, 5.74) is 1.32. The van der Waals surface area contributed by atoms with Gasteiger partial charge in [-0.3, -0.25) is 4.99 Å². The molecular weight excluding hydrogens is 352 g/mol. The first-order valence-corrected chi connectivity index (χ1v) is 9.56. The van der Waals surface area contributed by atoms with E-state index in [0.717, 1.165) is 49.1 Å². The van der Waals surface area contributed by atoms with Crippen LogP contribution in [-0.2, 0) is 0 Å². The molecule has 126 valence electrons. The minimum Gasteiger partial charge on any atom is -0.371 e. The summed E-state index contributed by atoms with van der Waals surface area (Å²) in [6, 6.07) is 8.62. The molecule has 0 amide bonds. The number of aliphatic imine (C=N–C) groups is 1. The van der Waals surface area contributed by atoms with Crippen LogP contribution in [-0.4, -0.2) is 38.7 Å². The van der Waals surface area contributed by atoms with Crippen LogP contribution in [0, 0.1) is 11.8 Å². The van der Waals surface area contributed by atoms with Crippen molar-refractivity contribution in [2.24, 2.45) is 16.8 Å². The van der Waals surface area contributed by atoms with Crippen molar-refractivity contribution in [2.45, 2.75) is 26.2 Å². The van der Waals surface area contributed by atoms with E-state index in [1.807, 2.05) is 0 Å². The number of hydrogen-bond acceptors (Lipinski definition) is 2. The number of benzene rings is 1. The Bertz CT molecular complexity index is 524. The first-order valence-electron chi connectivity index (χ1n) is 8.77. The van der Waals surface area contributed by atoms with Gasteiger partial charge in [0.2, 0.25) is 0 Å². The van der Waals surface area contributed by atoms with E-state index in [9.17, 15) is 0 Å². The molecule has 1 aromatic rings. The molecule has 0 radical (unpaired) electrons. The van der Waals surface area contributed by atoms with Gasteiger partial charge in [0.05, 0.1) is 0 Å². The lowest BCUT2D eigenvalue weighted by Gasteiger charge is -2.18. The van der Waals surface area contributed by atoms with E-state index in [1.54, 1.807) is 0 Å². The lowest BCUT2D eigenvalue weighted by atomic mass is 10.1. The van der Waals surface area contributed by atoms with Gasteiger partial charge in [-0.15, -0.1) is 0 Å². The number of rotatable bonds is 6. The highest BCUT2D eigenvalue weighted by atomic mass is 79.9. The molecule has 1 aliphatic carbocycles. The summed E-state index contributed by atoms with van der Waals surface area (Å²) in [6.07, 6.45) is 3.97. The summed E-state index contributed by atoms with van der Waals surface area (Å²) in [5, 5.41) is 6.83. The van der Waals surface area contributed by atoms with E-state index in [2.05, 4.69) is 62.7 Å². The highest BCUT2D eigenvalue weighted by molar-refractivity contribution is 9.10. The van der Waals surface area contributed by atoms with Crippen LogP contribution in [0.5, 0.6) is 0 Å². The monoisotopic (exact) mass is 378 g/mol. The van der Waals surface area contributed by atoms with Gasteiger partial charge in [0.25, 0.3) is 0 Å². The Balaban J connectivity index is 1.49. The van der Waals surface area contributed by atoms with Gasteiger partial charge in [0.1, 0.15) is 0 Å². The molecule has 5 heteroatoms. The van der Waals surface area contributed by atoms with Crippen LogP contribution in [0.25, 0.3) is 0 Å². The molecule has 0 aromatic heterocycles. The average molecular weight is 379 g/mol. The number of hydrogen-bond donors (Lipinski definition) is 2. The lowest BCUT2D eigenvalue weighted by molar-refractivity contribution is 0.598. The molecule has 1 saturated carbocycles. The van der Waals surface area contributed by atoms with Crippen LogP contribution in [0.1, 0.15) is 26.2 Å². The van der Waals surface area contributed by atoms with Crippen LogP contribution in [0.4, 0.5) is 5.69 Å². The Labute approximate surface area is 147 Å². The number of halogens is 1. The summed E-state index contributed by atoms with van der Waals surface area (Å²) in [5.74, 6) is 2.51. The molecule has 3 rings (SSSR count). The fraction of sp³-hybridized carbons (Fsp3) is 0.611. The van der Waals surface area contributed by atoms with Crippen molar-refractivity contribution >= 4 is 27.6 Å². The molecular formula is C18H27BrN4. The Morgan fingerprint density at radius 3 is 2.65 bits per heavy atom. The van der Waals surface area contributed by atoms with Crippen LogP contribution >= 0.6 is 15.9 Å². The summed E-state index contributed by atoms with van der Waals surface area (Å²) >= 11 is 3.50. The highest BCUT2D eigenvalue weighted by Crippen LogP contribution is 2.27. The van der Waals surface area contributed by atoms with Gasteiger partial charge in [-0.05, 0) is 62.3 Å². The maximum atomic E-state index is 4.80. The van der Waals surface area contributed by atoms with E-state index < -0.39 is 0 Å². The predicted octanol–water partition coefficient (Wildman–Crippen LogP) is 3.24. The molecule has 23 heavy (non-hydrogen) atoms. The Kier molecular flexibility index (Phi) is 5.81. The third-order valence-electron chi connectivity index (χ3n) is 4.58. The van der Waals surface area contributed by atoms with E-state index >= 15 is 0 Å². The second-order valence-corrected chi connectivity index (χ2v) is 7.54. The van der Waals surface area contributed by atoms with Gasteiger partial charge in [0.15, 0.2) is 5.96 Å². The lowest BCUT2D eigenvalue weighted by Crippen LogP contribution is -2.38. The molecule has 0 spiro atoms. The molecule has 0 bridgehead atoms. The first kappa shape index (κ1) is 16.6. The van der Waals surface area contributed by atoms with Gasteiger partial charge in [-0.1, -0.05) is 15.9 Å². The first-order chi connectivity index (χ1) is 11.2. The minimum atomic E-state index is 0.648. The van der Waals surface area contributed by atoms with Crippen molar-refractivity contribution in [3.05, 3.63) is 28.7 Å². The zero-order valence-electron chi connectivity index (χ0n) is 13.9. The van der Waals surface area contributed by atoms with Crippen molar-refractivity contribution in [1.29, 1.82) is 0 Å². The number of nitrogens with one attached hydrogen (secondary N) is 2. The van der Waals surface area contributed by atoms with Crippen LogP contribution in [0.3, 0.4) is 0 Å². The van der Waals surface area contributed by atoms with E-state index in [-0.39, 0.29) is 0 Å². The minimum absolute atomic E-state index is 0.648. The van der Waals surface area contributed by atoms with Crippen molar-refractivity contribution in [3.8, 4) is 0 Å². The molecule has 2 fully saturated rings. The Morgan fingerprint density at radius 2 is 1.96 bits per heavy atom. The largest absolute Gasteiger partial charge is 0.371 e. The fourth-order valence-electron chi connectivity index (χ4n) is 2.99. The summed E-state index contributed by atoms with van der Waals surface area (Å²) in [6.45, 7) is 7.26. The smallest absolute Gasteiger partial charge is 0.191 e. The van der Waals surface area contributed by atoms with Crippen molar-refractivity contribution < 1.29 is 0 Å². The Hall–Kier alpha value is -1.23. The molecule has 1 heterocycles. The van der Waals surface area contributed by atoms with Crippen LogP contribution in [0.2, 0.25) is 0 Å². The van der Waals surface area contributed by atoms with Gasteiger partial charge >= 0.3 is 0 Å². The average Bonchev–Trinajstić information content (AvgIpc) is 3.27. The second-order valence-electron chi connectivity index (χ2n) is 6.62. The van der Waals surface area contributed by atoms with Gasteiger partial charge in [-0.25, -0.2) is 0 Å². The standard InChI is InChI=1S/C18H27BrN4/c1-2-20-18(21-11-14-3-4-14)22-12-15-9-10-23(13-15)17-7-5-16(19)6-8-17/h5-8,14-15H,2-4,9-13H2,1H3,(H2,20,21,22). The molecule has 2 aliphatic rings. The normalized spacial score (nSPS) is 21.6. The number of nitrogens with zero attached hydrogens (tertiary/aromatic N) is 2. The van der Waals surface area contributed by atoms with Crippen molar-refractivity contribution in [3.63, 3.8) is 0 Å². The fourth-order valence-corrected chi connectivity index (χ4v) is 3.26. The van der Waals surface area contributed by atoms with Crippen molar-refractivity contribution in [1.82, 2.24) is 10.6 Å². The third-order valence-corrected chi connectivity index (χ3v) is 5.11. The number of anilines is 1. The number of guanidine groups is 1. The molecule has 1 saturated heterocycles. The highest BCUT2D eigenvalue weighted by Gasteiger charge is 2.23. The van der Waals surface area contributed by atoms with Crippen LogP contribution in [0.15, 0.2) is 33.7 Å². The van der Waals surface area contributed by atoms with Crippen molar-refractivity contribution in [2.75, 3.05) is 37.6 Å². The van der Waals surface area contributed by atoms with E-state index in [4.69, 9.17) is 4.99 Å². The third kappa shape index (κ3) is 5.13. The molecule has 1 unspecified atom stereocenters. The maximum absolute atomic E-state index is 4.80. The Morgan fingerprint density at radius 1 is 1.17 bits per heavy atom. The summed E-state index contributed by atoms with van der Waals surface area (Å²) < 4.78 is 1.14. The summed E-state index contributed by atoms with van der Waals surface area (Å²) in [4.78, 5) is 7.27. The second kappa shape index (κ2) is 8.04. The zero-order chi connectivity index (χ0) is 16.1. The van der Waals surface area contributed by atoms with E-state index in [0.29, 0.717) is 5.92 Å². The van der Waals surface area contributed by atoms with Crippen LogP contribution < -0.4 is 15.5 Å². The molecule has 4 nitrogen and oxygen atoms in total. The molecule has 2 N–H and O–H groups in total.